The minimum absolute atomic E-state index is 0.0722. The quantitative estimate of drug-likeness (QED) is 0.894. The maximum atomic E-state index is 13.4. The maximum absolute atomic E-state index is 13.4. The zero-order valence-corrected chi connectivity index (χ0v) is 12.7. The van der Waals surface area contributed by atoms with Crippen LogP contribution in [0, 0.1) is 5.92 Å². The largest absolute Gasteiger partial charge is 0.508 e. The van der Waals surface area contributed by atoms with Crippen molar-refractivity contribution in [3.05, 3.63) is 60.2 Å². The molecule has 8 heteroatoms. The van der Waals surface area contributed by atoms with Gasteiger partial charge in [0, 0.05) is 0 Å². The van der Waals surface area contributed by atoms with Gasteiger partial charge in [-0.1, -0.05) is 30.3 Å². The van der Waals surface area contributed by atoms with Crippen LogP contribution in [0.4, 0.5) is 18.9 Å². The van der Waals surface area contributed by atoms with Crippen LogP contribution in [-0.4, -0.2) is 28.0 Å². The first kappa shape index (κ1) is 17.0. The van der Waals surface area contributed by atoms with Crippen molar-refractivity contribution in [2.45, 2.75) is 12.3 Å². The Bertz CT molecular complexity index is 804. The fraction of sp³-hybridized carbons (Fsp3) is 0.176. The lowest BCUT2D eigenvalue weighted by molar-refractivity contribution is -0.123. The molecule has 0 unspecified atom stereocenters. The number of aliphatic hydroxyl groups excluding tert-OH is 1. The molecule has 1 heterocycles. The van der Waals surface area contributed by atoms with Gasteiger partial charge in [0.25, 0.3) is 5.91 Å². The molecule has 5 nitrogen and oxygen atoms in total. The van der Waals surface area contributed by atoms with Gasteiger partial charge in [-0.05, 0) is 29.8 Å². The van der Waals surface area contributed by atoms with Gasteiger partial charge in [0.15, 0.2) is 5.71 Å². The first-order valence-corrected chi connectivity index (χ1v) is 7.31. The van der Waals surface area contributed by atoms with Crippen molar-refractivity contribution >= 4 is 17.3 Å². The summed E-state index contributed by atoms with van der Waals surface area (Å²) in [5.74, 6) is -2.96. The van der Waals surface area contributed by atoms with Gasteiger partial charge in [0.05, 0.1) is 11.8 Å². The molecular weight excluding hydrogens is 337 g/mol. The van der Waals surface area contributed by atoms with E-state index in [9.17, 15) is 28.2 Å². The van der Waals surface area contributed by atoms with Crippen LogP contribution in [0.25, 0.3) is 0 Å². The molecule has 130 valence electrons. The van der Waals surface area contributed by atoms with E-state index >= 15 is 0 Å². The number of hydrogen-bond acceptors (Lipinski definition) is 4. The molecule has 0 saturated carbocycles. The van der Waals surface area contributed by atoms with E-state index in [0.717, 1.165) is 0 Å². The molecule has 0 saturated heterocycles. The van der Waals surface area contributed by atoms with Crippen LogP contribution in [-0.2, 0) is 4.79 Å². The molecule has 2 aromatic carbocycles. The Morgan fingerprint density at radius 2 is 1.64 bits per heavy atom. The van der Waals surface area contributed by atoms with Crippen molar-refractivity contribution in [1.29, 1.82) is 0 Å². The minimum Gasteiger partial charge on any atom is -0.508 e. The van der Waals surface area contributed by atoms with Crippen molar-refractivity contribution in [2.24, 2.45) is 11.0 Å². The average Bonchev–Trinajstić information content (AvgIpc) is 2.93. The monoisotopic (exact) mass is 350 g/mol. The second-order valence-corrected chi connectivity index (χ2v) is 5.48. The van der Waals surface area contributed by atoms with Crippen molar-refractivity contribution in [1.82, 2.24) is 0 Å². The van der Waals surface area contributed by atoms with Gasteiger partial charge in [-0.2, -0.15) is 23.3 Å². The molecule has 25 heavy (non-hydrogen) atoms. The smallest absolute Gasteiger partial charge is 0.432 e. The van der Waals surface area contributed by atoms with Crippen LogP contribution in [0.2, 0.25) is 0 Å². The number of benzene rings is 2. The number of hydrogen-bond donors (Lipinski definition) is 2. The minimum atomic E-state index is -4.87. The number of aromatic hydroxyl groups is 1. The predicted molar refractivity (Wildman–Crippen MR) is 84.0 cm³/mol. The number of halogens is 3. The Balaban J connectivity index is 2.01. The van der Waals surface area contributed by atoms with E-state index in [1.165, 1.54) is 36.4 Å². The van der Waals surface area contributed by atoms with Gasteiger partial charge in [0.2, 0.25) is 0 Å². The lowest BCUT2D eigenvalue weighted by atomic mass is 9.91. The average molecular weight is 350 g/mol. The van der Waals surface area contributed by atoms with Gasteiger partial charge in [-0.15, -0.1) is 0 Å². The number of carbonyl (C=O) groups excluding carboxylic acids is 1. The topological polar surface area (TPSA) is 73.1 Å². The summed E-state index contributed by atoms with van der Waals surface area (Å²) in [6.07, 6.45) is -6.62. The van der Waals surface area contributed by atoms with Gasteiger partial charge < -0.3 is 10.2 Å². The fourth-order valence-electron chi connectivity index (χ4n) is 2.60. The lowest BCUT2D eigenvalue weighted by Gasteiger charge is -2.20. The molecule has 2 N–H and O–H groups in total. The van der Waals surface area contributed by atoms with Crippen LogP contribution in [0.1, 0.15) is 11.7 Å². The second kappa shape index (κ2) is 6.21. The number of amides is 1. The molecule has 1 aliphatic heterocycles. The summed E-state index contributed by atoms with van der Waals surface area (Å²) in [6.45, 7) is 0. The Hall–Kier alpha value is -2.87. The summed E-state index contributed by atoms with van der Waals surface area (Å²) < 4.78 is 40.1. The summed E-state index contributed by atoms with van der Waals surface area (Å²) in [5, 5.41) is 23.7. The highest BCUT2D eigenvalue weighted by Gasteiger charge is 2.53. The highest BCUT2D eigenvalue weighted by atomic mass is 19.4. The van der Waals surface area contributed by atoms with Crippen LogP contribution in [0.3, 0.4) is 0 Å². The van der Waals surface area contributed by atoms with Crippen molar-refractivity contribution in [3.63, 3.8) is 0 Å². The van der Waals surface area contributed by atoms with Crippen LogP contribution in [0.15, 0.2) is 59.7 Å². The van der Waals surface area contributed by atoms with Crippen molar-refractivity contribution < 1.29 is 28.2 Å². The SMILES string of the molecule is O=C1[C@@H]([C@H](O)c2ccc(O)cc2)C(C(F)(F)F)=NN1c1ccccc1. The molecule has 0 bridgehead atoms. The van der Waals surface area contributed by atoms with E-state index in [1.807, 2.05) is 0 Å². The maximum Gasteiger partial charge on any atom is 0.432 e. The molecule has 0 spiro atoms. The molecular formula is C17H13F3N2O3. The predicted octanol–water partition coefficient (Wildman–Crippen LogP) is 3.01. The Morgan fingerprint density at radius 3 is 2.20 bits per heavy atom. The molecule has 2 atom stereocenters. The van der Waals surface area contributed by atoms with Crippen molar-refractivity contribution in [2.75, 3.05) is 5.01 Å². The molecule has 0 fully saturated rings. The Morgan fingerprint density at radius 1 is 1.04 bits per heavy atom. The number of nitrogens with zero attached hydrogens (tertiary/aromatic N) is 2. The first-order valence-electron chi connectivity index (χ1n) is 7.31. The molecule has 1 aliphatic rings. The molecule has 0 aliphatic carbocycles. The molecule has 2 aromatic rings. The number of rotatable bonds is 3. The summed E-state index contributed by atoms with van der Waals surface area (Å²) in [7, 11) is 0. The number of phenols is 1. The lowest BCUT2D eigenvalue weighted by Crippen LogP contribution is -2.37. The van der Waals surface area contributed by atoms with Crippen LogP contribution in [0.5, 0.6) is 5.75 Å². The number of anilines is 1. The summed E-state index contributed by atoms with van der Waals surface area (Å²) in [4.78, 5) is 12.5. The number of aliphatic hydroxyl groups is 1. The third-order valence-corrected chi connectivity index (χ3v) is 3.82. The summed E-state index contributed by atoms with van der Waals surface area (Å²) in [5.41, 5.74) is -1.11. The highest BCUT2D eigenvalue weighted by molar-refractivity contribution is 6.17. The number of phenolic OH excluding ortho intramolecular Hbond substituents is 1. The summed E-state index contributed by atoms with van der Waals surface area (Å²) >= 11 is 0. The van der Waals surface area contributed by atoms with Gasteiger partial charge >= 0.3 is 6.18 Å². The number of hydrazone groups is 1. The molecule has 3 rings (SSSR count). The number of alkyl halides is 3. The molecule has 0 aromatic heterocycles. The third kappa shape index (κ3) is 3.20. The van der Waals surface area contributed by atoms with Crippen LogP contribution >= 0.6 is 0 Å². The van der Waals surface area contributed by atoms with Gasteiger partial charge in [0.1, 0.15) is 11.7 Å². The zero-order valence-electron chi connectivity index (χ0n) is 12.7. The first-order chi connectivity index (χ1) is 11.8. The standard InChI is InChI=1S/C17H13F3N2O3/c18-17(19,20)15-13(14(24)10-6-8-12(23)9-7-10)16(25)22(21-15)11-4-2-1-3-5-11/h1-9,13-14,23-24H/t13-,14+/m0/s1. The van der Waals surface area contributed by atoms with E-state index in [1.54, 1.807) is 18.2 Å². The number of carbonyl (C=O) groups is 1. The van der Waals surface area contributed by atoms with E-state index < -0.39 is 29.8 Å². The normalized spacial score (nSPS) is 19.0. The van der Waals surface area contributed by atoms with Crippen molar-refractivity contribution in [3.8, 4) is 5.75 Å². The highest BCUT2D eigenvalue weighted by Crippen LogP contribution is 2.38. The molecule has 1 amide bonds. The molecule has 0 radical (unpaired) electrons. The fourth-order valence-corrected chi connectivity index (χ4v) is 2.60. The van der Waals surface area contributed by atoms with E-state index in [4.69, 9.17) is 0 Å². The van der Waals surface area contributed by atoms with Gasteiger partial charge in [-0.3, -0.25) is 4.79 Å². The van der Waals surface area contributed by atoms with Gasteiger partial charge in [-0.25, -0.2) is 0 Å². The van der Waals surface area contributed by atoms with E-state index in [-0.39, 0.29) is 17.0 Å². The Kier molecular flexibility index (Phi) is 4.22. The van der Waals surface area contributed by atoms with Crippen LogP contribution < -0.4 is 5.01 Å². The second-order valence-electron chi connectivity index (χ2n) is 5.48. The third-order valence-electron chi connectivity index (χ3n) is 3.82. The Labute approximate surface area is 140 Å². The zero-order chi connectivity index (χ0) is 18.2. The van der Waals surface area contributed by atoms with E-state index in [2.05, 4.69) is 5.10 Å². The summed E-state index contributed by atoms with van der Waals surface area (Å²) in [6, 6.07) is 12.6. The number of para-hydroxylation sites is 1. The van der Waals surface area contributed by atoms with E-state index in [0.29, 0.717) is 5.01 Å².